The van der Waals surface area contributed by atoms with E-state index in [1.165, 1.54) is 5.56 Å². The minimum Gasteiger partial charge on any atom is -0.355 e. The Hall–Kier alpha value is -0.780. The Kier molecular flexibility index (Phi) is 11.7. The first kappa shape index (κ1) is 22.5. The molecule has 0 radical (unpaired) electrons. The smallest absolute Gasteiger partial charge is 0.220 e. The number of aromatic nitrogens is 2. The average Bonchev–Trinajstić information content (AvgIpc) is 2.59. The van der Waals surface area contributed by atoms with Gasteiger partial charge in [-0.05, 0) is 39.3 Å². The van der Waals surface area contributed by atoms with Crippen molar-refractivity contribution in [3.63, 3.8) is 0 Å². The third-order valence-electron chi connectivity index (χ3n) is 3.42. The quantitative estimate of drug-likeness (QED) is 0.798. The highest BCUT2D eigenvalue weighted by molar-refractivity contribution is 5.85. The first-order valence-corrected chi connectivity index (χ1v) is 6.94. The van der Waals surface area contributed by atoms with E-state index < -0.39 is 0 Å². The molecule has 2 N–H and O–H groups in total. The largest absolute Gasteiger partial charge is 0.355 e. The van der Waals surface area contributed by atoms with Crippen molar-refractivity contribution in [2.45, 2.75) is 46.6 Å². The number of likely N-dealkylation sites (N-methyl/N-ethyl adjacent to an activating group) is 1. The van der Waals surface area contributed by atoms with Crippen molar-refractivity contribution < 1.29 is 4.79 Å². The molecule has 124 valence electrons. The number of amides is 1. The van der Waals surface area contributed by atoms with Crippen molar-refractivity contribution >= 4 is 30.7 Å². The fourth-order valence-corrected chi connectivity index (χ4v) is 2.19. The van der Waals surface area contributed by atoms with Crippen LogP contribution in [0.5, 0.6) is 0 Å². The summed E-state index contributed by atoms with van der Waals surface area (Å²) in [6.45, 7) is 9.77. The van der Waals surface area contributed by atoms with Crippen molar-refractivity contribution in [3.8, 4) is 0 Å². The van der Waals surface area contributed by atoms with Gasteiger partial charge in [-0.25, -0.2) is 0 Å². The van der Waals surface area contributed by atoms with Gasteiger partial charge in [0, 0.05) is 31.7 Å². The van der Waals surface area contributed by atoms with Crippen LogP contribution in [0.25, 0.3) is 0 Å². The number of nitrogens with zero attached hydrogens (tertiary/aromatic N) is 2. The molecule has 1 aromatic heterocycles. The van der Waals surface area contributed by atoms with E-state index in [1.807, 2.05) is 25.6 Å². The lowest BCUT2D eigenvalue weighted by Gasteiger charge is -2.13. The molecule has 1 amide bonds. The molecule has 1 aromatic rings. The summed E-state index contributed by atoms with van der Waals surface area (Å²) in [5.74, 6) is 0.104. The Morgan fingerprint density at radius 1 is 1.33 bits per heavy atom. The molecule has 7 heteroatoms. The van der Waals surface area contributed by atoms with Crippen LogP contribution >= 0.6 is 24.8 Å². The Balaban J connectivity index is 0. The molecule has 0 unspecified atom stereocenters. The van der Waals surface area contributed by atoms with Crippen LogP contribution in [-0.2, 0) is 18.3 Å². The number of nitrogens with one attached hydrogen (secondary N) is 2. The molecule has 0 aliphatic carbocycles. The minimum absolute atomic E-state index is 0. The lowest BCUT2D eigenvalue weighted by molar-refractivity contribution is -0.121. The van der Waals surface area contributed by atoms with Crippen LogP contribution in [0, 0.1) is 13.8 Å². The van der Waals surface area contributed by atoms with Gasteiger partial charge < -0.3 is 10.6 Å². The van der Waals surface area contributed by atoms with Crippen molar-refractivity contribution in [1.82, 2.24) is 20.4 Å². The van der Waals surface area contributed by atoms with E-state index in [0.717, 1.165) is 24.4 Å². The minimum atomic E-state index is 0. The fourth-order valence-electron chi connectivity index (χ4n) is 2.19. The number of carbonyl (C=O) groups is 1. The van der Waals surface area contributed by atoms with E-state index in [9.17, 15) is 4.79 Å². The van der Waals surface area contributed by atoms with Gasteiger partial charge in [0.05, 0.1) is 5.69 Å². The second kappa shape index (κ2) is 10.9. The van der Waals surface area contributed by atoms with E-state index in [4.69, 9.17) is 0 Å². The summed E-state index contributed by atoms with van der Waals surface area (Å²) >= 11 is 0. The van der Waals surface area contributed by atoms with E-state index in [-0.39, 0.29) is 30.7 Å². The zero-order valence-electron chi connectivity index (χ0n) is 13.5. The van der Waals surface area contributed by atoms with Crippen LogP contribution in [0.4, 0.5) is 0 Å². The fraction of sp³-hybridized carbons (Fsp3) is 0.714. The summed E-state index contributed by atoms with van der Waals surface area (Å²) in [7, 11) is 1.93. The van der Waals surface area contributed by atoms with Crippen molar-refractivity contribution in [2.75, 3.05) is 13.1 Å². The van der Waals surface area contributed by atoms with Gasteiger partial charge in [-0.15, -0.1) is 24.8 Å². The molecular weight excluding hydrogens is 311 g/mol. The highest BCUT2D eigenvalue weighted by atomic mass is 35.5. The average molecular weight is 339 g/mol. The molecule has 0 bridgehead atoms. The van der Waals surface area contributed by atoms with Gasteiger partial charge in [0.2, 0.25) is 5.91 Å². The number of aryl methyl sites for hydroxylation is 2. The summed E-state index contributed by atoms with van der Waals surface area (Å²) in [5.41, 5.74) is 3.36. The number of halogens is 2. The molecule has 1 heterocycles. The van der Waals surface area contributed by atoms with Gasteiger partial charge in [-0.2, -0.15) is 5.10 Å². The Morgan fingerprint density at radius 2 is 1.95 bits per heavy atom. The van der Waals surface area contributed by atoms with Gasteiger partial charge in [-0.1, -0.05) is 6.92 Å². The highest BCUT2D eigenvalue weighted by Gasteiger charge is 2.11. The molecule has 5 nitrogen and oxygen atoms in total. The highest BCUT2D eigenvalue weighted by Crippen LogP contribution is 2.13. The van der Waals surface area contributed by atoms with E-state index in [1.54, 1.807) is 0 Å². The number of rotatable bonds is 7. The first-order valence-electron chi connectivity index (χ1n) is 6.94. The number of carbonyl (C=O) groups excluding carboxylic acids is 1. The SMILES string of the molecule is CCN[C@H](C)CNC(=O)CCc1c(C)nn(C)c1C.Cl.Cl. The summed E-state index contributed by atoms with van der Waals surface area (Å²) in [4.78, 5) is 11.8. The standard InChI is InChI=1S/C14H26N4O.2ClH/c1-6-15-10(2)9-16-14(19)8-7-13-11(3)17-18(5)12(13)4;;/h10,15H,6-9H2,1-5H3,(H,16,19);2*1H/t10-;;/m1../s1. The van der Waals surface area contributed by atoms with E-state index in [0.29, 0.717) is 19.0 Å². The number of hydrogen-bond acceptors (Lipinski definition) is 3. The van der Waals surface area contributed by atoms with Crippen molar-refractivity contribution in [2.24, 2.45) is 7.05 Å². The molecule has 0 saturated heterocycles. The lowest BCUT2D eigenvalue weighted by Crippen LogP contribution is -2.38. The zero-order valence-corrected chi connectivity index (χ0v) is 15.2. The molecule has 0 aromatic carbocycles. The number of hydrogen-bond donors (Lipinski definition) is 2. The third-order valence-corrected chi connectivity index (χ3v) is 3.42. The predicted molar refractivity (Wildman–Crippen MR) is 91.6 cm³/mol. The maximum atomic E-state index is 11.8. The molecule has 0 spiro atoms. The summed E-state index contributed by atoms with van der Waals surface area (Å²) in [6, 6.07) is 0.316. The molecule has 0 saturated carbocycles. The zero-order chi connectivity index (χ0) is 14.4. The topological polar surface area (TPSA) is 58.9 Å². The van der Waals surface area contributed by atoms with Crippen molar-refractivity contribution in [3.05, 3.63) is 17.0 Å². The molecule has 1 rings (SSSR count). The molecule has 21 heavy (non-hydrogen) atoms. The normalized spacial score (nSPS) is 11.3. The Morgan fingerprint density at radius 3 is 2.43 bits per heavy atom. The second-order valence-corrected chi connectivity index (χ2v) is 5.04. The lowest BCUT2D eigenvalue weighted by atomic mass is 10.1. The summed E-state index contributed by atoms with van der Waals surface area (Å²) in [6.07, 6.45) is 1.28. The van der Waals surface area contributed by atoms with Gasteiger partial charge in [0.1, 0.15) is 0 Å². The van der Waals surface area contributed by atoms with Crippen molar-refractivity contribution in [1.29, 1.82) is 0 Å². The monoisotopic (exact) mass is 338 g/mol. The van der Waals surface area contributed by atoms with E-state index in [2.05, 4.69) is 29.6 Å². The Bertz CT molecular complexity index is 435. The summed E-state index contributed by atoms with van der Waals surface area (Å²) < 4.78 is 1.87. The van der Waals surface area contributed by atoms with Crippen LogP contribution < -0.4 is 10.6 Å². The molecule has 0 aliphatic heterocycles. The molecule has 0 fully saturated rings. The molecular formula is C14H28Cl2N4O. The summed E-state index contributed by atoms with van der Waals surface area (Å²) in [5, 5.41) is 10.6. The van der Waals surface area contributed by atoms with Crippen LogP contribution in [0.2, 0.25) is 0 Å². The van der Waals surface area contributed by atoms with Gasteiger partial charge in [0.15, 0.2) is 0 Å². The van der Waals surface area contributed by atoms with Gasteiger partial charge in [-0.3, -0.25) is 9.48 Å². The first-order chi connectivity index (χ1) is 8.95. The van der Waals surface area contributed by atoms with Gasteiger partial charge >= 0.3 is 0 Å². The predicted octanol–water partition coefficient (Wildman–Crippen LogP) is 1.93. The maximum absolute atomic E-state index is 11.8. The van der Waals surface area contributed by atoms with Crippen LogP contribution in [0.15, 0.2) is 0 Å². The van der Waals surface area contributed by atoms with E-state index >= 15 is 0 Å². The second-order valence-electron chi connectivity index (χ2n) is 5.04. The van der Waals surface area contributed by atoms with Crippen LogP contribution in [0.3, 0.4) is 0 Å². The van der Waals surface area contributed by atoms with Gasteiger partial charge in [0.25, 0.3) is 0 Å². The Labute approximate surface area is 140 Å². The molecule has 1 atom stereocenters. The molecule has 0 aliphatic rings. The van der Waals surface area contributed by atoms with Crippen LogP contribution in [0.1, 0.15) is 37.2 Å². The van der Waals surface area contributed by atoms with Crippen LogP contribution in [-0.4, -0.2) is 34.8 Å². The third kappa shape index (κ3) is 7.16. The maximum Gasteiger partial charge on any atom is 0.220 e.